The van der Waals surface area contributed by atoms with Crippen molar-refractivity contribution in [1.29, 1.82) is 0 Å². The summed E-state index contributed by atoms with van der Waals surface area (Å²) in [7, 11) is 3.88. The van der Waals surface area contributed by atoms with E-state index in [0.29, 0.717) is 17.8 Å². The molecule has 2 aromatic rings. The molecule has 39 heavy (non-hydrogen) atoms. The fourth-order valence-electron chi connectivity index (χ4n) is 6.82. The quantitative estimate of drug-likeness (QED) is 0.158. The van der Waals surface area contributed by atoms with Crippen LogP contribution in [-0.4, -0.2) is 11.3 Å². The van der Waals surface area contributed by atoms with Crippen molar-refractivity contribution in [3.05, 3.63) is 65.7 Å². The van der Waals surface area contributed by atoms with E-state index in [0.717, 1.165) is 11.3 Å². The zero-order chi connectivity index (χ0) is 28.9. The Hall–Kier alpha value is -0.438. The van der Waals surface area contributed by atoms with Crippen LogP contribution in [0.15, 0.2) is 43.0 Å². The van der Waals surface area contributed by atoms with Gasteiger partial charge in [-0.15, -0.1) is 0 Å². The molecule has 0 aliphatic heterocycles. The molecule has 0 spiro atoms. The molecule has 220 valence electrons. The van der Waals surface area contributed by atoms with Crippen molar-refractivity contribution < 1.29 is 18.2 Å². The van der Waals surface area contributed by atoms with Gasteiger partial charge in [-0.25, -0.2) is 0 Å². The second-order valence-corrected chi connectivity index (χ2v) is 15.6. The van der Waals surface area contributed by atoms with Gasteiger partial charge in [0.1, 0.15) is 0 Å². The SMILES string of the molecule is C=[C-]C.CC(C)c1cc(C(C)C)c(-c2ccccc2[PH+](C2CCCCC2)C2CCCCC2)c(C(C)C)c1.[Cl][Pd+]. The van der Waals surface area contributed by atoms with Crippen molar-refractivity contribution in [2.75, 3.05) is 0 Å². The van der Waals surface area contributed by atoms with Crippen LogP contribution in [0.2, 0.25) is 0 Å². The number of rotatable bonds is 7. The van der Waals surface area contributed by atoms with Gasteiger partial charge in [0.2, 0.25) is 0 Å². The van der Waals surface area contributed by atoms with E-state index in [2.05, 4.69) is 118 Å². The molecule has 2 aliphatic rings. The van der Waals surface area contributed by atoms with Gasteiger partial charge < -0.3 is 6.08 Å². The molecule has 3 heteroatoms. The van der Waals surface area contributed by atoms with E-state index >= 15 is 0 Å². The zero-order valence-corrected chi connectivity index (χ0v) is 29.1. The standard InChI is InChI=1S/C33H49P.C3H5.ClH.Pd/c1-23(2)26-21-30(24(3)4)33(31(22-26)25(5)6)29-19-13-14-20-32(29)34(27-15-9-7-10-16-27)28-17-11-8-12-18-28;1-3-2;;/h13-14,19-25,27-28H,7-12,15-18H2,1-6H3;1H2,2H3;1H;/q;-1;;+2. The molecule has 2 saturated carbocycles. The monoisotopic (exact) mass is 659 g/mol. The van der Waals surface area contributed by atoms with Crippen molar-refractivity contribution in [2.24, 2.45) is 0 Å². The van der Waals surface area contributed by atoms with E-state index in [-0.39, 0.29) is 0 Å². The summed E-state index contributed by atoms with van der Waals surface area (Å²) in [5, 5.41) is 1.78. The summed E-state index contributed by atoms with van der Waals surface area (Å²) in [6, 6.07) is 14.9. The van der Waals surface area contributed by atoms with Gasteiger partial charge in [0, 0.05) is 13.5 Å². The molecule has 2 aliphatic carbocycles. The molecule has 0 nitrogen and oxygen atoms in total. The van der Waals surface area contributed by atoms with Gasteiger partial charge in [-0.1, -0.05) is 84.7 Å². The second kappa shape index (κ2) is 18.2. The minimum absolute atomic E-state index is 0.541. The number of hydrogen-bond acceptors (Lipinski definition) is 0. The van der Waals surface area contributed by atoms with Gasteiger partial charge >= 0.3 is 27.7 Å². The van der Waals surface area contributed by atoms with Crippen LogP contribution in [0.5, 0.6) is 0 Å². The first-order chi connectivity index (χ1) is 18.8. The van der Waals surface area contributed by atoms with Crippen molar-refractivity contribution in [3.8, 4) is 11.1 Å². The summed E-state index contributed by atoms with van der Waals surface area (Å²) < 4.78 is 0. The van der Waals surface area contributed by atoms with E-state index < -0.39 is 7.92 Å². The van der Waals surface area contributed by atoms with Crippen LogP contribution in [0.1, 0.15) is 147 Å². The molecular weight excluding hydrogens is 605 g/mol. The molecule has 0 N–H and O–H groups in total. The summed E-state index contributed by atoms with van der Waals surface area (Å²) >= 11 is 2.22. The molecule has 4 rings (SSSR count). The van der Waals surface area contributed by atoms with E-state index in [1.807, 2.05) is 0 Å². The predicted molar refractivity (Wildman–Crippen MR) is 176 cm³/mol. The van der Waals surface area contributed by atoms with Crippen molar-refractivity contribution in [1.82, 2.24) is 0 Å². The van der Waals surface area contributed by atoms with Crippen LogP contribution in [0.25, 0.3) is 11.1 Å². The second-order valence-electron chi connectivity index (χ2n) is 12.6. The molecule has 0 unspecified atom stereocenters. The van der Waals surface area contributed by atoms with E-state index in [1.165, 1.54) is 69.8 Å². The number of hydrogen-bond donors (Lipinski definition) is 0. The molecule has 0 bridgehead atoms. The molecule has 0 saturated heterocycles. The molecule has 2 aromatic carbocycles. The summed E-state index contributed by atoms with van der Waals surface area (Å²) in [4.78, 5) is 0. The van der Waals surface area contributed by atoms with Crippen molar-refractivity contribution in [3.63, 3.8) is 0 Å². The maximum atomic E-state index is 4.49. The Kier molecular flexibility index (Phi) is 16.2. The number of benzene rings is 2. The minimum atomic E-state index is -0.610. The van der Waals surface area contributed by atoms with E-state index in [9.17, 15) is 0 Å². The number of allylic oxidation sites excluding steroid dienone is 1. The normalized spacial score (nSPS) is 16.7. The Morgan fingerprint density at radius 2 is 1.15 bits per heavy atom. The van der Waals surface area contributed by atoms with Gasteiger partial charge in [0.15, 0.2) is 0 Å². The summed E-state index contributed by atoms with van der Waals surface area (Å²) in [6.07, 6.45) is 17.2. The van der Waals surface area contributed by atoms with Crippen molar-refractivity contribution >= 4 is 22.8 Å². The Balaban J connectivity index is 0.000000998. The van der Waals surface area contributed by atoms with Crippen LogP contribution in [0.3, 0.4) is 0 Å². The third-order valence-corrected chi connectivity index (χ3v) is 12.7. The third kappa shape index (κ3) is 9.54. The van der Waals surface area contributed by atoms with Gasteiger partial charge in [0.25, 0.3) is 0 Å². The zero-order valence-electron chi connectivity index (χ0n) is 25.8. The topological polar surface area (TPSA) is 0 Å². The van der Waals surface area contributed by atoms with Crippen LogP contribution in [-0.2, 0) is 18.2 Å². The fourth-order valence-corrected chi connectivity index (χ4v) is 11.2. The molecule has 0 atom stereocenters. The van der Waals surface area contributed by atoms with Crippen LogP contribution < -0.4 is 5.30 Å². The van der Waals surface area contributed by atoms with Gasteiger partial charge in [-0.3, -0.25) is 6.58 Å². The average molecular weight is 661 g/mol. The van der Waals surface area contributed by atoms with Crippen LogP contribution in [0, 0.1) is 6.08 Å². The van der Waals surface area contributed by atoms with Crippen molar-refractivity contribution in [2.45, 2.75) is 142 Å². The maximum absolute atomic E-state index is 4.49. The average Bonchev–Trinajstić information content (AvgIpc) is 2.95. The van der Waals surface area contributed by atoms with Gasteiger partial charge in [-0.2, -0.15) is 6.92 Å². The molecule has 0 radical (unpaired) electrons. The number of halogens is 1. The molecule has 2 fully saturated rings. The molecular formula is C36H55ClPPd+. The van der Waals surface area contributed by atoms with Gasteiger partial charge in [0.05, 0.1) is 16.6 Å². The van der Waals surface area contributed by atoms with Crippen LogP contribution >= 0.6 is 17.5 Å². The first-order valence-corrected chi connectivity index (χ1v) is 19.2. The Morgan fingerprint density at radius 3 is 1.54 bits per heavy atom. The first kappa shape index (κ1) is 34.8. The summed E-state index contributed by atoms with van der Waals surface area (Å²) in [5.41, 5.74) is 9.82. The Morgan fingerprint density at radius 1 is 0.744 bits per heavy atom. The van der Waals surface area contributed by atoms with E-state index in [1.54, 1.807) is 34.5 Å². The summed E-state index contributed by atoms with van der Waals surface area (Å²) in [5.74, 6) is 1.65. The summed E-state index contributed by atoms with van der Waals surface area (Å²) in [6.45, 7) is 19.3. The fraction of sp³-hybridized carbons (Fsp3) is 0.611. The first-order valence-electron chi connectivity index (χ1n) is 15.5. The van der Waals surface area contributed by atoms with Crippen LogP contribution in [0.4, 0.5) is 0 Å². The Bertz CT molecular complexity index is 936. The third-order valence-electron chi connectivity index (χ3n) is 8.73. The Labute approximate surface area is 258 Å². The predicted octanol–water partition coefficient (Wildman–Crippen LogP) is 11.9. The van der Waals surface area contributed by atoms with Gasteiger partial charge in [-0.05, 0) is 97.4 Å². The molecule has 0 aromatic heterocycles. The molecule has 0 amide bonds. The van der Waals surface area contributed by atoms with E-state index in [4.69, 9.17) is 0 Å². The molecule has 0 heterocycles.